The number of hydrogen-bond donors (Lipinski definition) is 1. The fourth-order valence-corrected chi connectivity index (χ4v) is 2.67. The highest BCUT2D eigenvalue weighted by Gasteiger charge is 2.03. The maximum atomic E-state index is 5.94. The summed E-state index contributed by atoms with van der Waals surface area (Å²) in [6.45, 7) is 6.73. The first-order chi connectivity index (χ1) is 9.15. The van der Waals surface area contributed by atoms with Gasteiger partial charge in [-0.05, 0) is 30.5 Å². The number of thiazole rings is 1. The summed E-state index contributed by atoms with van der Waals surface area (Å²) in [5, 5.41) is 4.93. The van der Waals surface area contributed by atoms with Gasteiger partial charge < -0.3 is 10.1 Å². The molecule has 2 aromatic rings. The van der Waals surface area contributed by atoms with Crippen LogP contribution in [-0.4, -0.2) is 24.7 Å². The summed E-state index contributed by atoms with van der Waals surface area (Å²) in [4.78, 5) is 4.49. The summed E-state index contributed by atoms with van der Waals surface area (Å²) < 4.78 is 6.70. The van der Waals surface area contributed by atoms with E-state index in [0.29, 0.717) is 12.5 Å². The lowest BCUT2D eigenvalue weighted by Crippen LogP contribution is -2.10. The van der Waals surface area contributed by atoms with Gasteiger partial charge in [0.2, 0.25) is 0 Å². The van der Waals surface area contributed by atoms with Crippen molar-refractivity contribution >= 4 is 38.3 Å². The van der Waals surface area contributed by atoms with E-state index in [-0.39, 0.29) is 0 Å². The Morgan fingerprint density at radius 2 is 2.21 bits per heavy atom. The largest absolute Gasteiger partial charge is 0.380 e. The van der Waals surface area contributed by atoms with Gasteiger partial charge in [-0.3, -0.25) is 0 Å². The highest BCUT2D eigenvalue weighted by Crippen LogP contribution is 2.27. The zero-order chi connectivity index (χ0) is 13.7. The molecule has 1 heterocycles. The monoisotopic (exact) mass is 298 g/mol. The van der Waals surface area contributed by atoms with Gasteiger partial charge in [-0.25, -0.2) is 4.98 Å². The number of halogens is 1. The molecule has 0 amide bonds. The summed E-state index contributed by atoms with van der Waals surface area (Å²) in [5.41, 5.74) is 0.945. The fraction of sp³-hybridized carbons (Fsp3) is 0.500. The van der Waals surface area contributed by atoms with E-state index in [0.717, 1.165) is 39.9 Å². The van der Waals surface area contributed by atoms with Crippen molar-refractivity contribution in [3.05, 3.63) is 23.2 Å². The van der Waals surface area contributed by atoms with Crippen molar-refractivity contribution in [2.24, 2.45) is 5.92 Å². The van der Waals surface area contributed by atoms with Crippen LogP contribution in [0.15, 0.2) is 18.2 Å². The highest BCUT2D eigenvalue weighted by molar-refractivity contribution is 7.22. The van der Waals surface area contributed by atoms with Crippen LogP contribution in [0.4, 0.5) is 5.13 Å². The van der Waals surface area contributed by atoms with Gasteiger partial charge in [0.25, 0.3) is 0 Å². The summed E-state index contributed by atoms with van der Waals surface area (Å²) in [7, 11) is 0. The van der Waals surface area contributed by atoms with Crippen molar-refractivity contribution in [2.75, 3.05) is 25.1 Å². The first-order valence-corrected chi connectivity index (χ1v) is 7.72. The standard InChI is InChI=1S/C14H19ClN2OS/c1-10(2)5-7-18-8-6-16-14-17-12-9-11(15)3-4-13(12)19-14/h3-4,9-10H,5-8H2,1-2H3,(H,16,17). The number of rotatable bonds is 7. The Labute approximate surface area is 122 Å². The van der Waals surface area contributed by atoms with E-state index in [4.69, 9.17) is 16.3 Å². The number of hydrogen-bond acceptors (Lipinski definition) is 4. The van der Waals surface area contributed by atoms with Crippen LogP contribution in [0.3, 0.4) is 0 Å². The average Bonchev–Trinajstić information content (AvgIpc) is 2.75. The molecule has 0 fully saturated rings. The molecule has 0 aliphatic heterocycles. The quantitative estimate of drug-likeness (QED) is 0.768. The van der Waals surface area contributed by atoms with Gasteiger partial charge in [-0.1, -0.05) is 36.8 Å². The molecule has 1 aromatic heterocycles. The van der Waals surface area contributed by atoms with Crippen LogP contribution in [-0.2, 0) is 4.74 Å². The second kappa shape index (κ2) is 7.08. The minimum atomic E-state index is 0.696. The number of aromatic nitrogens is 1. The molecule has 1 aromatic carbocycles. The third-order valence-corrected chi connectivity index (χ3v) is 3.94. The average molecular weight is 299 g/mol. The zero-order valence-corrected chi connectivity index (χ0v) is 12.9. The van der Waals surface area contributed by atoms with Crippen LogP contribution in [0.2, 0.25) is 5.02 Å². The normalized spacial score (nSPS) is 11.4. The van der Waals surface area contributed by atoms with Crippen molar-refractivity contribution in [1.29, 1.82) is 0 Å². The molecule has 19 heavy (non-hydrogen) atoms. The van der Waals surface area contributed by atoms with Crippen molar-refractivity contribution in [3.8, 4) is 0 Å². The van der Waals surface area contributed by atoms with E-state index in [2.05, 4.69) is 24.1 Å². The zero-order valence-electron chi connectivity index (χ0n) is 11.3. The molecule has 1 N–H and O–H groups in total. The minimum absolute atomic E-state index is 0.696. The summed E-state index contributed by atoms with van der Waals surface area (Å²) in [6.07, 6.45) is 1.11. The molecule has 0 radical (unpaired) electrons. The molecule has 0 bridgehead atoms. The molecule has 3 nitrogen and oxygen atoms in total. The first kappa shape index (κ1) is 14.6. The third-order valence-electron chi connectivity index (χ3n) is 2.71. The second-order valence-electron chi connectivity index (χ2n) is 4.85. The SMILES string of the molecule is CC(C)CCOCCNc1nc2cc(Cl)ccc2s1. The Morgan fingerprint density at radius 1 is 1.37 bits per heavy atom. The lowest BCUT2D eigenvalue weighted by atomic mass is 10.1. The highest BCUT2D eigenvalue weighted by atomic mass is 35.5. The summed E-state index contributed by atoms with van der Waals surface area (Å²) >= 11 is 7.58. The van der Waals surface area contributed by atoms with Crippen molar-refractivity contribution in [2.45, 2.75) is 20.3 Å². The Balaban J connectivity index is 1.75. The van der Waals surface area contributed by atoms with Crippen molar-refractivity contribution < 1.29 is 4.74 Å². The predicted octanol–water partition coefficient (Wildman–Crippen LogP) is 4.42. The van der Waals surface area contributed by atoms with E-state index in [1.54, 1.807) is 11.3 Å². The Hall–Kier alpha value is -0.840. The first-order valence-electron chi connectivity index (χ1n) is 6.53. The van der Waals surface area contributed by atoms with E-state index in [9.17, 15) is 0 Å². The molecule has 0 saturated carbocycles. The van der Waals surface area contributed by atoms with Crippen LogP contribution < -0.4 is 5.32 Å². The van der Waals surface area contributed by atoms with Crippen LogP contribution in [0.25, 0.3) is 10.2 Å². The number of anilines is 1. The number of ether oxygens (including phenoxy) is 1. The smallest absolute Gasteiger partial charge is 0.183 e. The minimum Gasteiger partial charge on any atom is -0.380 e. The third kappa shape index (κ3) is 4.64. The van der Waals surface area contributed by atoms with Crippen LogP contribution in [0, 0.1) is 5.92 Å². The Kier molecular flexibility index (Phi) is 5.43. The summed E-state index contributed by atoms with van der Waals surface area (Å²) in [6, 6.07) is 5.78. The topological polar surface area (TPSA) is 34.1 Å². The molecule has 5 heteroatoms. The lowest BCUT2D eigenvalue weighted by Gasteiger charge is -2.06. The maximum Gasteiger partial charge on any atom is 0.183 e. The van der Waals surface area contributed by atoms with Crippen molar-refractivity contribution in [1.82, 2.24) is 4.98 Å². The molecular weight excluding hydrogens is 280 g/mol. The van der Waals surface area contributed by atoms with Crippen LogP contribution in [0.5, 0.6) is 0 Å². The van der Waals surface area contributed by atoms with Crippen molar-refractivity contribution in [3.63, 3.8) is 0 Å². The van der Waals surface area contributed by atoms with Gasteiger partial charge in [0.1, 0.15) is 0 Å². The van der Waals surface area contributed by atoms with Gasteiger partial charge in [0.15, 0.2) is 5.13 Å². The number of nitrogens with one attached hydrogen (secondary N) is 1. The molecule has 0 atom stereocenters. The molecule has 104 valence electrons. The van der Waals surface area contributed by atoms with Gasteiger partial charge in [0.05, 0.1) is 16.8 Å². The van der Waals surface area contributed by atoms with E-state index >= 15 is 0 Å². The van der Waals surface area contributed by atoms with Gasteiger partial charge in [0, 0.05) is 18.2 Å². The van der Waals surface area contributed by atoms with E-state index < -0.39 is 0 Å². The second-order valence-corrected chi connectivity index (χ2v) is 6.32. The molecule has 0 spiro atoms. The predicted molar refractivity (Wildman–Crippen MR) is 83.4 cm³/mol. The molecular formula is C14H19ClN2OS. The van der Waals surface area contributed by atoms with Gasteiger partial charge in [-0.2, -0.15) is 0 Å². The number of fused-ring (bicyclic) bond motifs is 1. The number of nitrogens with zero attached hydrogens (tertiary/aromatic N) is 1. The Morgan fingerprint density at radius 3 is 3.00 bits per heavy atom. The number of benzene rings is 1. The van der Waals surface area contributed by atoms with E-state index in [1.165, 1.54) is 0 Å². The lowest BCUT2D eigenvalue weighted by molar-refractivity contribution is 0.132. The Bertz CT molecular complexity index is 527. The maximum absolute atomic E-state index is 5.94. The van der Waals surface area contributed by atoms with E-state index in [1.807, 2.05) is 18.2 Å². The molecule has 0 unspecified atom stereocenters. The fourth-order valence-electron chi connectivity index (χ4n) is 1.63. The van der Waals surface area contributed by atoms with Gasteiger partial charge >= 0.3 is 0 Å². The molecule has 0 aliphatic carbocycles. The molecule has 0 saturated heterocycles. The summed E-state index contributed by atoms with van der Waals surface area (Å²) in [5.74, 6) is 0.696. The molecule has 2 rings (SSSR count). The van der Waals surface area contributed by atoms with Crippen LogP contribution in [0.1, 0.15) is 20.3 Å². The van der Waals surface area contributed by atoms with Gasteiger partial charge in [-0.15, -0.1) is 0 Å². The molecule has 0 aliphatic rings. The van der Waals surface area contributed by atoms with Crippen LogP contribution >= 0.6 is 22.9 Å².